The summed E-state index contributed by atoms with van der Waals surface area (Å²) in [6, 6.07) is 17.4. The van der Waals surface area contributed by atoms with E-state index in [1.54, 1.807) is 0 Å². The monoisotopic (exact) mass is 419 g/mol. The molecule has 0 unspecified atom stereocenters. The fourth-order valence-electron chi connectivity index (χ4n) is 3.95. The molecule has 0 N–H and O–H groups in total. The quantitative estimate of drug-likeness (QED) is 0.612. The lowest BCUT2D eigenvalue weighted by Gasteiger charge is -2.30. The molecular weight excluding hydrogens is 394 g/mol. The maximum Gasteiger partial charge on any atom is 0.272 e. The van der Waals surface area contributed by atoms with Crippen molar-refractivity contribution in [1.29, 1.82) is 0 Å². The van der Waals surface area contributed by atoms with Gasteiger partial charge in [-0.05, 0) is 29.8 Å². The van der Waals surface area contributed by atoms with E-state index in [1.165, 1.54) is 0 Å². The van der Waals surface area contributed by atoms with Gasteiger partial charge in [-0.25, -0.2) is 4.98 Å². The van der Waals surface area contributed by atoms with E-state index in [0.717, 1.165) is 60.8 Å². The zero-order valence-electron chi connectivity index (χ0n) is 17.3. The number of rotatable bonds is 6. The SMILES string of the molecule is O=C(c1ccc2ccccc2n1)N(CCN1CCOCC1)Cc1ccc2c(c1)OCO2. The molecule has 2 aromatic carbocycles. The molecule has 0 saturated carbocycles. The number of carbonyl (C=O) groups is 1. The van der Waals surface area contributed by atoms with Gasteiger partial charge in [0.1, 0.15) is 5.69 Å². The number of ether oxygens (including phenoxy) is 3. The molecule has 2 aliphatic rings. The van der Waals surface area contributed by atoms with E-state index in [2.05, 4.69) is 9.88 Å². The van der Waals surface area contributed by atoms with Crippen LogP contribution in [0.15, 0.2) is 54.6 Å². The van der Waals surface area contributed by atoms with Crippen LogP contribution in [0.4, 0.5) is 0 Å². The molecule has 31 heavy (non-hydrogen) atoms. The lowest BCUT2D eigenvalue weighted by Crippen LogP contribution is -2.43. The summed E-state index contributed by atoms with van der Waals surface area (Å²) >= 11 is 0. The molecule has 1 fully saturated rings. The van der Waals surface area contributed by atoms with Crippen molar-refractivity contribution in [3.05, 3.63) is 65.9 Å². The molecule has 2 aliphatic heterocycles. The standard InChI is InChI=1S/C24H25N3O4/c28-24(21-7-6-19-3-1-2-4-20(19)25-21)27(10-9-26-11-13-29-14-12-26)16-18-5-8-22-23(15-18)31-17-30-22/h1-8,15H,9-14,16-17H2. The number of carbonyl (C=O) groups excluding carboxylic acids is 1. The summed E-state index contributed by atoms with van der Waals surface area (Å²) in [5, 5.41) is 1.02. The third-order valence-electron chi connectivity index (χ3n) is 5.71. The van der Waals surface area contributed by atoms with Gasteiger partial charge in [0.25, 0.3) is 5.91 Å². The van der Waals surface area contributed by atoms with Crippen LogP contribution in [-0.4, -0.2) is 66.9 Å². The second-order valence-electron chi connectivity index (χ2n) is 7.76. The summed E-state index contributed by atoms with van der Waals surface area (Å²) in [6.07, 6.45) is 0. The Morgan fingerprint density at radius 2 is 1.84 bits per heavy atom. The van der Waals surface area contributed by atoms with E-state index in [0.29, 0.717) is 18.8 Å². The first-order valence-electron chi connectivity index (χ1n) is 10.6. The van der Waals surface area contributed by atoms with Crippen molar-refractivity contribution >= 4 is 16.8 Å². The number of morpholine rings is 1. The predicted molar refractivity (Wildman–Crippen MR) is 116 cm³/mol. The zero-order chi connectivity index (χ0) is 21.0. The second kappa shape index (κ2) is 8.91. The van der Waals surface area contributed by atoms with Gasteiger partial charge in [-0.3, -0.25) is 9.69 Å². The normalized spacial score (nSPS) is 15.9. The van der Waals surface area contributed by atoms with Crippen LogP contribution in [0.25, 0.3) is 10.9 Å². The lowest BCUT2D eigenvalue weighted by atomic mass is 10.1. The number of hydrogen-bond donors (Lipinski definition) is 0. The topological polar surface area (TPSA) is 64.1 Å². The van der Waals surface area contributed by atoms with Crippen LogP contribution in [0.1, 0.15) is 16.1 Å². The zero-order valence-corrected chi connectivity index (χ0v) is 17.3. The van der Waals surface area contributed by atoms with Crippen molar-refractivity contribution in [3.63, 3.8) is 0 Å². The molecular formula is C24H25N3O4. The van der Waals surface area contributed by atoms with Gasteiger partial charge in [0.15, 0.2) is 11.5 Å². The van der Waals surface area contributed by atoms with Crippen molar-refractivity contribution in [2.75, 3.05) is 46.2 Å². The largest absolute Gasteiger partial charge is 0.454 e. The summed E-state index contributed by atoms with van der Waals surface area (Å²) < 4.78 is 16.4. The number of amides is 1. The molecule has 1 aromatic heterocycles. The fraction of sp³-hybridized carbons (Fsp3) is 0.333. The summed E-state index contributed by atoms with van der Waals surface area (Å²) in [4.78, 5) is 22.3. The molecule has 7 heteroatoms. The lowest BCUT2D eigenvalue weighted by molar-refractivity contribution is 0.0319. The molecule has 0 atom stereocenters. The van der Waals surface area contributed by atoms with Crippen molar-refractivity contribution in [2.45, 2.75) is 6.54 Å². The van der Waals surface area contributed by atoms with E-state index in [-0.39, 0.29) is 12.7 Å². The Kier molecular flexibility index (Phi) is 5.69. The Hall–Kier alpha value is -3.16. The van der Waals surface area contributed by atoms with Crippen molar-refractivity contribution in [1.82, 2.24) is 14.8 Å². The smallest absolute Gasteiger partial charge is 0.272 e. The molecule has 5 rings (SSSR count). The molecule has 0 aliphatic carbocycles. The van der Waals surface area contributed by atoms with Crippen LogP contribution in [-0.2, 0) is 11.3 Å². The third-order valence-corrected chi connectivity index (χ3v) is 5.71. The average molecular weight is 419 g/mol. The summed E-state index contributed by atoms with van der Waals surface area (Å²) in [7, 11) is 0. The average Bonchev–Trinajstić information content (AvgIpc) is 3.29. The van der Waals surface area contributed by atoms with Crippen LogP contribution < -0.4 is 9.47 Å². The first-order valence-corrected chi connectivity index (χ1v) is 10.6. The van der Waals surface area contributed by atoms with Gasteiger partial charge in [-0.15, -0.1) is 0 Å². The fourth-order valence-corrected chi connectivity index (χ4v) is 3.95. The number of hydrogen-bond acceptors (Lipinski definition) is 6. The van der Waals surface area contributed by atoms with E-state index < -0.39 is 0 Å². The highest BCUT2D eigenvalue weighted by molar-refractivity contribution is 5.94. The van der Waals surface area contributed by atoms with Crippen LogP contribution >= 0.6 is 0 Å². The molecule has 7 nitrogen and oxygen atoms in total. The van der Waals surface area contributed by atoms with E-state index >= 15 is 0 Å². The van der Waals surface area contributed by atoms with Gasteiger partial charge >= 0.3 is 0 Å². The van der Waals surface area contributed by atoms with E-state index in [9.17, 15) is 4.79 Å². The molecule has 0 bridgehead atoms. The van der Waals surface area contributed by atoms with Gasteiger partial charge in [0, 0.05) is 38.1 Å². The van der Waals surface area contributed by atoms with Gasteiger partial charge in [0.2, 0.25) is 6.79 Å². The first kappa shape index (κ1) is 19.8. The van der Waals surface area contributed by atoms with E-state index in [1.807, 2.05) is 59.5 Å². The first-order chi connectivity index (χ1) is 15.3. The summed E-state index contributed by atoms with van der Waals surface area (Å²) in [5.41, 5.74) is 2.28. The van der Waals surface area contributed by atoms with Crippen molar-refractivity contribution in [3.8, 4) is 11.5 Å². The Bertz CT molecular complexity index is 1080. The summed E-state index contributed by atoms with van der Waals surface area (Å²) in [6.45, 7) is 5.38. The molecule has 1 saturated heterocycles. The molecule has 1 amide bonds. The number of benzene rings is 2. The number of pyridine rings is 1. The Morgan fingerprint density at radius 3 is 2.74 bits per heavy atom. The maximum absolute atomic E-state index is 13.5. The van der Waals surface area contributed by atoms with Gasteiger partial charge in [-0.1, -0.05) is 30.3 Å². The van der Waals surface area contributed by atoms with Gasteiger partial charge in [-0.2, -0.15) is 0 Å². The highest BCUT2D eigenvalue weighted by Gasteiger charge is 2.21. The maximum atomic E-state index is 13.5. The molecule has 0 spiro atoms. The number of fused-ring (bicyclic) bond motifs is 2. The van der Waals surface area contributed by atoms with Crippen LogP contribution in [0.5, 0.6) is 11.5 Å². The van der Waals surface area contributed by atoms with Gasteiger partial charge < -0.3 is 19.1 Å². The number of aromatic nitrogens is 1. The van der Waals surface area contributed by atoms with Crippen LogP contribution in [0.3, 0.4) is 0 Å². The minimum Gasteiger partial charge on any atom is -0.454 e. The Balaban J connectivity index is 1.38. The minimum absolute atomic E-state index is 0.0725. The van der Waals surface area contributed by atoms with Crippen LogP contribution in [0.2, 0.25) is 0 Å². The predicted octanol–water partition coefficient (Wildman–Crippen LogP) is 2.94. The highest BCUT2D eigenvalue weighted by atomic mass is 16.7. The highest BCUT2D eigenvalue weighted by Crippen LogP contribution is 2.33. The molecule has 3 heterocycles. The number of para-hydroxylation sites is 1. The van der Waals surface area contributed by atoms with Crippen molar-refractivity contribution < 1.29 is 19.0 Å². The molecule has 0 radical (unpaired) electrons. The number of nitrogens with zero attached hydrogens (tertiary/aromatic N) is 3. The van der Waals surface area contributed by atoms with Crippen LogP contribution in [0, 0.1) is 0 Å². The Labute approximate surface area is 181 Å². The third kappa shape index (κ3) is 4.47. The van der Waals surface area contributed by atoms with E-state index in [4.69, 9.17) is 14.2 Å². The summed E-state index contributed by atoms with van der Waals surface area (Å²) in [5.74, 6) is 1.39. The van der Waals surface area contributed by atoms with Crippen molar-refractivity contribution in [2.24, 2.45) is 0 Å². The van der Waals surface area contributed by atoms with Gasteiger partial charge in [0.05, 0.1) is 18.7 Å². The molecule has 160 valence electrons. The minimum atomic E-state index is -0.0725. The second-order valence-corrected chi connectivity index (χ2v) is 7.76. The molecule has 3 aromatic rings. The Morgan fingerprint density at radius 1 is 1.00 bits per heavy atom.